The summed E-state index contributed by atoms with van der Waals surface area (Å²) in [6, 6.07) is 12.1. The van der Waals surface area contributed by atoms with Crippen LogP contribution in [0, 0.1) is 0 Å². The highest BCUT2D eigenvalue weighted by Gasteiger charge is 2.01. The van der Waals surface area contributed by atoms with E-state index in [0.29, 0.717) is 6.67 Å². The normalized spacial score (nSPS) is 11.2. The molecule has 0 atom stereocenters. The molecule has 0 aliphatic carbocycles. The van der Waals surface area contributed by atoms with Crippen LogP contribution in [0.15, 0.2) is 53.8 Å². The van der Waals surface area contributed by atoms with Crippen LogP contribution in [0.25, 0.3) is 11.0 Å². The molecule has 2 aromatic heterocycles. The summed E-state index contributed by atoms with van der Waals surface area (Å²) in [5.41, 5.74) is 1.92. The van der Waals surface area contributed by atoms with Crippen molar-refractivity contribution in [2.45, 2.75) is 84.3 Å². The lowest BCUT2D eigenvalue weighted by atomic mass is 10.1. The number of hydrogen-bond donors (Lipinski definition) is 0. The molecule has 0 spiro atoms. The molecule has 0 aliphatic heterocycles. The minimum absolute atomic E-state index is 0.489. The minimum Gasteiger partial charge on any atom is -0.354 e. The number of hydrogen-bond acceptors (Lipinski definition) is 3. The fourth-order valence-electron chi connectivity index (χ4n) is 3.66. The standard InChI is InChI=1S/C24H35N5/c1-2-3-4-5-6-7-8-9-10-13-18-28-19-16-22(17-20-28)25-21-29-24-15-12-11-14-23(24)26-27-29/h11-12,14-17,19-20H,2-10,13,18,21H2,1H3. The van der Waals surface area contributed by atoms with Crippen LogP contribution in [-0.4, -0.2) is 19.6 Å². The van der Waals surface area contributed by atoms with Crippen LogP contribution >= 0.6 is 0 Å². The summed E-state index contributed by atoms with van der Waals surface area (Å²) in [4.78, 5) is 4.64. The lowest BCUT2D eigenvalue weighted by molar-refractivity contribution is 0.533. The zero-order chi connectivity index (χ0) is 20.2. The van der Waals surface area contributed by atoms with E-state index in [-0.39, 0.29) is 0 Å². The van der Waals surface area contributed by atoms with E-state index in [1.165, 1.54) is 64.2 Å². The van der Waals surface area contributed by atoms with Crippen molar-refractivity contribution in [1.82, 2.24) is 19.6 Å². The highest BCUT2D eigenvalue weighted by Crippen LogP contribution is 2.11. The van der Waals surface area contributed by atoms with Gasteiger partial charge in [-0.2, -0.15) is 0 Å². The first-order valence-electron chi connectivity index (χ1n) is 11.3. The van der Waals surface area contributed by atoms with Crippen LogP contribution in [0.2, 0.25) is 0 Å². The van der Waals surface area contributed by atoms with E-state index in [1.54, 1.807) is 0 Å². The zero-order valence-electron chi connectivity index (χ0n) is 17.8. The van der Waals surface area contributed by atoms with Crippen LogP contribution in [0.1, 0.15) is 71.1 Å². The molecule has 5 heteroatoms. The number of para-hydroxylation sites is 1. The minimum atomic E-state index is 0.489. The average molecular weight is 394 g/mol. The number of benzene rings is 1. The first-order valence-corrected chi connectivity index (χ1v) is 11.3. The van der Waals surface area contributed by atoms with Crippen molar-refractivity contribution in [3.8, 4) is 0 Å². The van der Waals surface area contributed by atoms with Crippen LogP contribution in [0.4, 0.5) is 0 Å². The third-order valence-electron chi connectivity index (χ3n) is 5.45. The molecular weight excluding hydrogens is 358 g/mol. The maximum Gasteiger partial charge on any atom is 0.134 e. The molecule has 0 unspecified atom stereocenters. The number of aryl methyl sites for hydroxylation is 1. The summed E-state index contributed by atoms with van der Waals surface area (Å²) >= 11 is 0. The van der Waals surface area contributed by atoms with Gasteiger partial charge in [-0.15, -0.1) is 5.10 Å². The van der Waals surface area contributed by atoms with Crippen LogP contribution < -0.4 is 5.36 Å². The predicted molar refractivity (Wildman–Crippen MR) is 119 cm³/mol. The van der Waals surface area contributed by atoms with E-state index in [1.807, 2.05) is 28.9 Å². The Morgan fingerprint density at radius 3 is 2.17 bits per heavy atom. The van der Waals surface area contributed by atoms with E-state index >= 15 is 0 Å². The van der Waals surface area contributed by atoms with E-state index in [4.69, 9.17) is 0 Å². The van der Waals surface area contributed by atoms with Crippen LogP contribution in [0.3, 0.4) is 0 Å². The monoisotopic (exact) mass is 393 g/mol. The molecule has 0 saturated heterocycles. The Labute approximate surface area is 174 Å². The van der Waals surface area contributed by atoms with E-state index in [2.05, 4.69) is 51.3 Å². The molecule has 0 amide bonds. The van der Waals surface area contributed by atoms with Gasteiger partial charge in [0.15, 0.2) is 0 Å². The van der Waals surface area contributed by atoms with Crippen molar-refractivity contribution in [2.24, 2.45) is 4.99 Å². The second-order valence-electron chi connectivity index (χ2n) is 7.85. The molecule has 156 valence electrons. The third-order valence-corrected chi connectivity index (χ3v) is 5.45. The Balaban J connectivity index is 1.34. The number of unbranched alkanes of at least 4 members (excludes halogenated alkanes) is 9. The Kier molecular flexibility index (Phi) is 8.95. The maximum atomic E-state index is 4.64. The molecule has 29 heavy (non-hydrogen) atoms. The lowest BCUT2D eigenvalue weighted by Crippen LogP contribution is -2.08. The molecule has 3 rings (SSSR count). The number of nitrogens with zero attached hydrogens (tertiary/aromatic N) is 5. The van der Waals surface area contributed by atoms with E-state index < -0.39 is 0 Å². The van der Waals surface area contributed by atoms with Gasteiger partial charge in [0.05, 0.1) is 10.9 Å². The second-order valence-corrected chi connectivity index (χ2v) is 7.85. The summed E-state index contributed by atoms with van der Waals surface area (Å²) < 4.78 is 4.09. The van der Waals surface area contributed by atoms with Crippen LogP contribution in [0.5, 0.6) is 0 Å². The fourth-order valence-corrected chi connectivity index (χ4v) is 3.66. The third kappa shape index (κ3) is 7.15. The quantitative estimate of drug-likeness (QED) is 0.349. The van der Waals surface area contributed by atoms with Gasteiger partial charge in [0.1, 0.15) is 12.2 Å². The Bertz CT molecular complexity index is 888. The number of pyridine rings is 1. The summed E-state index contributed by atoms with van der Waals surface area (Å²) in [6.45, 7) is 3.86. The largest absolute Gasteiger partial charge is 0.354 e. The number of rotatable bonds is 13. The second kappa shape index (κ2) is 12.2. The van der Waals surface area contributed by atoms with Gasteiger partial charge in [-0.05, 0) is 30.7 Å². The predicted octanol–water partition coefficient (Wildman–Crippen LogP) is 5.71. The SMILES string of the molecule is CCCCCCCCCCCCn1ccc(=NCn2nnc3ccccc32)cc1. The molecular formula is C24H35N5. The molecule has 1 aromatic carbocycles. The molecule has 5 nitrogen and oxygen atoms in total. The Hall–Kier alpha value is -2.43. The molecule has 0 radical (unpaired) electrons. The number of fused-ring (bicyclic) bond motifs is 1. The van der Waals surface area contributed by atoms with Crippen molar-refractivity contribution < 1.29 is 0 Å². The molecule has 0 aliphatic rings. The molecule has 0 saturated carbocycles. The van der Waals surface area contributed by atoms with Gasteiger partial charge in [0.2, 0.25) is 0 Å². The highest BCUT2D eigenvalue weighted by atomic mass is 15.4. The van der Waals surface area contributed by atoms with Gasteiger partial charge in [0.25, 0.3) is 0 Å². The molecule has 3 aromatic rings. The van der Waals surface area contributed by atoms with Crippen LogP contribution in [-0.2, 0) is 13.2 Å². The van der Waals surface area contributed by atoms with Gasteiger partial charge in [-0.25, -0.2) is 4.68 Å². The van der Waals surface area contributed by atoms with Gasteiger partial charge in [0, 0.05) is 18.9 Å². The van der Waals surface area contributed by atoms with E-state index in [0.717, 1.165) is 22.9 Å². The van der Waals surface area contributed by atoms with E-state index in [9.17, 15) is 0 Å². The Morgan fingerprint density at radius 1 is 0.793 bits per heavy atom. The smallest absolute Gasteiger partial charge is 0.134 e. The first kappa shape index (κ1) is 21.3. The molecule has 0 fully saturated rings. The zero-order valence-corrected chi connectivity index (χ0v) is 17.8. The summed E-state index contributed by atoms with van der Waals surface area (Å²) in [5.74, 6) is 0. The Morgan fingerprint density at radius 2 is 1.45 bits per heavy atom. The molecule has 0 N–H and O–H groups in total. The number of aromatic nitrogens is 4. The molecule has 2 heterocycles. The van der Waals surface area contributed by atoms with Gasteiger partial charge >= 0.3 is 0 Å². The highest BCUT2D eigenvalue weighted by molar-refractivity contribution is 5.73. The van der Waals surface area contributed by atoms with Gasteiger partial charge in [-0.3, -0.25) is 4.99 Å². The van der Waals surface area contributed by atoms with Gasteiger partial charge in [-0.1, -0.05) is 82.1 Å². The topological polar surface area (TPSA) is 48.0 Å². The van der Waals surface area contributed by atoms with Crippen molar-refractivity contribution in [2.75, 3.05) is 0 Å². The summed E-state index contributed by atoms with van der Waals surface area (Å²) in [5, 5.41) is 9.33. The summed E-state index contributed by atoms with van der Waals surface area (Å²) in [6.07, 6.45) is 18.0. The van der Waals surface area contributed by atoms with Crippen molar-refractivity contribution >= 4 is 11.0 Å². The van der Waals surface area contributed by atoms with Crippen molar-refractivity contribution in [3.63, 3.8) is 0 Å². The maximum absolute atomic E-state index is 4.64. The first-order chi connectivity index (χ1) is 14.4. The lowest BCUT2D eigenvalue weighted by Gasteiger charge is -2.06. The van der Waals surface area contributed by atoms with Crippen molar-refractivity contribution in [1.29, 1.82) is 0 Å². The average Bonchev–Trinajstić information content (AvgIpc) is 3.17. The van der Waals surface area contributed by atoms with Crippen molar-refractivity contribution in [3.05, 3.63) is 54.1 Å². The van der Waals surface area contributed by atoms with Gasteiger partial charge < -0.3 is 4.57 Å². The summed E-state index contributed by atoms with van der Waals surface area (Å²) in [7, 11) is 0. The molecule has 0 bridgehead atoms. The fraction of sp³-hybridized carbons (Fsp3) is 0.542.